The average Bonchev–Trinajstić information content (AvgIpc) is 3.02. The largest absolute Gasteiger partial charge is 0.372 e. The average molecular weight is 362 g/mol. The van der Waals surface area contributed by atoms with Crippen molar-refractivity contribution in [2.24, 2.45) is 0 Å². The summed E-state index contributed by atoms with van der Waals surface area (Å²) in [6.45, 7) is 6.33. The van der Waals surface area contributed by atoms with E-state index in [2.05, 4.69) is 71.4 Å². The second-order valence-corrected chi connectivity index (χ2v) is 7.29. The van der Waals surface area contributed by atoms with E-state index in [0.29, 0.717) is 6.67 Å². The number of rotatable bonds is 5. The summed E-state index contributed by atoms with van der Waals surface area (Å²) in [5.74, 6) is 1.71. The topological polar surface area (TPSA) is 43.2 Å². The lowest BCUT2D eigenvalue weighted by Crippen LogP contribution is -2.31. The molecule has 0 radical (unpaired) electrons. The van der Waals surface area contributed by atoms with Crippen LogP contribution in [0.15, 0.2) is 48.5 Å². The number of hydrogen-bond acceptors (Lipinski definition) is 4. The summed E-state index contributed by atoms with van der Waals surface area (Å²) in [4.78, 5) is 6.92. The maximum absolute atomic E-state index is 6.07. The third-order valence-electron chi connectivity index (χ3n) is 5.11. The zero-order valence-corrected chi connectivity index (χ0v) is 16.2. The third-order valence-corrected chi connectivity index (χ3v) is 5.11. The Hall–Kier alpha value is -2.50. The quantitative estimate of drug-likeness (QED) is 0.693. The Balaban J connectivity index is 1.53. The van der Waals surface area contributed by atoms with Crippen molar-refractivity contribution in [1.82, 2.24) is 19.7 Å². The van der Waals surface area contributed by atoms with Crippen LogP contribution in [-0.4, -0.2) is 39.9 Å². The number of hydrogen-bond donors (Lipinski definition) is 0. The molecule has 0 fully saturated rings. The number of aryl methyl sites for hydroxylation is 2. The minimum atomic E-state index is 0.103. The third kappa shape index (κ3) is 3.80. The fraction of sp³-hybridized carbons (Fsp3) is 0.364. The second kappa shape index (κ2) is 7.62. The second-order valence-electron chi connectivity index (χ2n) is 7.29. The van der Waals surface area contributed by atoms with Gasteiger partial charge in [-0.25, -0.2) is 9.67 Å². The van der Waals surface area contributed by atoms with E-state index in [9.17, 15) is 0 Å². The van der Waals surface area contributed by atoms with Gasteiger partial charge in [0, 0.05) is 12.1 Å². The predicted molar refractivity (Wildman–Crippen MR) is 106 cm³/mol. The molecule has 5 nitrogen and oxygen atoms in total. The van der Waals surface area contributed by atoms with E-state index in [-0.39, 0.29) is 6.10 Å². The Morgan fingerprint density at radius 1 is 1.11 bits per heavy atom. The van der Waals surface area contributed by atoms with E-state index in [4.69, 9.17) is 4.74 Å². The van der Waals surface area contributed by atoms with Crippen LogP contribution in [0.4, 0.5) is 0 Å². The van der Waals surface area contributed by atoms with Crippen molar-refractivity contribution in [3.63, 3.8) is 0 Å². The summed E-state index contributed by atoms with van der Waals surface area (Å²) in [6.07, 6.45) is 1.10. The van der Waals surface area contributed by atoms with Crippen LogP contribution in [0.3, 0.4) is 0 Å². The maximum Gasteiger partial charge on any atom is 0.159 e. The summed E-state index contributed by atoms with van der Waals surface area (Å²) in [7, 11) is 2.11. The normalized spacial score (nSPS) is 16.5. The lowest BCUT2D eigenvalue weighted by molar-refractivity contribution is 0.0148. The highest BCUT2D eigenvalue weighted by atomic mass is 16.5. The zero-order chi connectivity index (χ0) is 18.8. The van der Waals surface area contributed by atoms with E-state index in [1.165, 1.54) is 16.7 Å². The van der Waals surface area contributed by atoms with Gasteiger partial charge < -0.3 is 4.74 Å². The fourth-order valence-corrected chi connectivity index (χ4v) is 3.77. The molecule has 0 saturated heterocycles. The van der Waals surface area contributed by atoms with Crippen molar-refractivity contribution in [1.29, 1.82) is 0 Å². The fourth-order valence-electron chi connectivity index (χ4n) is 3.77. The molecule has 0 unspecified atom stereocenters. The molecule has 0 bridgehead atoms. The zero-order valence-electron chi connectivity index (χ0n) is 16.2. The highest BCUT2D eigenvalue weighted by molar-refractivity contribution is 5.59. The number of fused-ring (bicyclic) bond motifs is 1. The van der Waals surface area contributed by atoms with Crippen molar-refractivity contribution in [3.05, 3.63) is 71.0 Å². The van der Waals surface area contributed by atoms with E-state index in [1.807, 2.05) is 17.7 Å². The van der Waals surface area contributed by atoms with E-state index < -0.39 is 0 Å². The Morgan fingerprint density at radius 3 is 2.74 bits per heavy atom. The van der Waals surface area contributed by atoms with Gasteiger partial charge in [0.15, 0.2) is 5.82 Å². The monoisotopic (exact) mass is 362 g/mol. The van der Waals surface area contributed by atoms with Crippen LogP contribution in [0.1, 0.15) is 28.6 Å². The van der Waals surface area contributed by atoms with Crippen molar-refractivity contribution in [3.8, 4) is 11.4 Å². The number of likely N-dealkylation sites (N-methyl/N-ethyl adjacent to an activating group) is 1. The molecule has 0 N–H and O–H groups in total. The molecule has 1 atom stereocenters. The Kier molecular flexibility index (Phi) is 5.05. The predicted octanol–water partition coefficient (Wildman–Crippen LogP) is 3.77. The van der Waals surface area contributed by atoms with Gasteiger partial charge in [0.2, 0.25) is 0 Å². The van der Waals surface area contributed by atoms with Gasteiger partial charge in [-0.3, -0.25) is 4.90 Å². The first-order chi connectivity index (χ1) is 13.1. The lowest BCUT2D eigenvalue weighted by Gasteiger charge is -2.29. The molecule has 0 saturated carbocycles. The van der Waals surface area contributed by atoms with Crippen LogP contribution in [0, 0.1) is 13.8 Å². The molecule has 1 aliphatic rings. The SMILES string of the molecule is Cc1nc(-c2ccccc2C)n(CN(C)C[C@@H]2OCCc3ccccc32)n1. The highest BCUT2D eigenvalue weighted by Gasteiger charge is 2.22. The first-order valence-corrected chi connectivity index (χ1v) is 9.47. The van der Waals surface area contributed by atoms with Crippen LogP contribution in [0.25, 0.3) is 11.4 Å². The molecule has 2 heterocycles. The van der Waals surface area contributed by atoms with Crippen molar-refractivity contribution in [2.45, 2.75) is 33.0 Å². The van der Waals surface area contributed by atoms with Crippen LogP contribution >= 0.6 is 0 Å². The van der Waals surface area contributed by atoms with Crippen LogP contribution < -0.4 is 0 Å². The van der Waals surface area contributed by atoms with E-state index in [0.717, 1.165) is 36.8 Å². The summed E-state index contributed by atoms with van der Waals surface area (Å²) < 4.78 is 8.06. The highest BCUT2D eigenvalue weighted by Crippen LogP contribution is 2.28. The van der Waals surface area contributed by atoms with Crippen molar-refractivity contribution < 1.29 is 4.74 Å². The molecule has 1 aliphatic heterocycles. The summed E-state index contributed by atoms with van der Waals surface area (Å²) in [6, 6.07) is 16.9. The smallest absolute Gasteiger partial charge is 0.159 e. The van der Waals surface area contributed by atoms with Crippen LogP contribution in [-0.2, 0) is 17.8 Å². The molecule has 27 heavy (non-hydrogen) atoms. The summed E-state index contributed by atoms with van der Waals surface area (Å²) in [5.41, 5.74) is 5.05. The van der Waals surface area contributed by atoms with Gasteiger partial charge >= 0.3 is 0 Å². The van der Waals surface area contributed by atoms with E-state index >= 15 is 0 Å². The number of aromatic nitrogens is 3. The molecule has 1 aromatic heterocycles. The van der Waals surface area contributed by atoms with Crippen molar-refractivity contribution in [2.75, 3.05) is 20.2 Å². The first-order valence-electron chi connectivity index (χ1n) is 9.47. The molecule has 4 rings (SSSR count). The Morgan fingerprint density at radius 2 is 1.89 bits per heavy atom. The van der Waals surface area contributed by atoms with Crippen molar-refractivity contribution >= 4 is 0 Å². The van der Waals surface area contributed by atoms with Crippen LogP contribution in [0.5, 0.6) is 0 Å². The molecule has 0 amide bonds. The van der Waals surface area contributed by atoms with Gasteiger partial charge in [-0.15, -0.1) is 0 Å². The minimum Gasteiger partial charge on any atom is -0.372 e. The molecule has 3 aromatic rings. The molecule has 0 spiro atoms. The maximum atomic E-state index is 6.07. The molecule has 2 aromatic carbocycles. The Bertz CT molecular complexity index is 934. The molecular formula is C22H26N4O. The minimum absolute atomic E-state index is 0.103. The van der Waals surface area contributed by atoms with Crippen LogP contribution in [0.2, 0.25) is 0 Å². The van der Waals surface area contributed by atoms with E-state index in [1.54, 1.807) is 0 Å². The Labute approximate surface area is 160 Å². The molecule has 5 heteroatoms. The molecule has 0 aliphatic carbocycles. The number of ether oxygens (including phenoxy) is 1. The van der Waals surface area contributed by atoms with Gasteiger partial charge in [0.25, 0.3) is 0 Å². The van der Waals surface area contributed by atoms with Gasteiger partial charge in [0.05, 0.1) is 19.4 Å². The van der Waals surface area contributed by atoms with Gasteiger partial charge in [-0.05, 0) is 44.0 Å². The first kappa shape index (κ1) is 17.9. The molecular weight excluding hydrogens is 336 g/mol. The number of benzene rings is 2. The lowest BCUT2D eigenvalue weighted by atomic mass is 9.97. The van der Waals surface area contributed by atoms with Gasteiger partial charge in [-0.2, -0.15) is 5.10 Å². The molecule has 140 valence electrons. The summed E-state index contributed by atoms with van der Waals surface area (Å²) >= 11 is 0. The number of nitrogens with zero attached hydrogens (tertiary/aromatic N) is 4. The standard InChI is InChI=1S/C22H26N4O/c1-16-8-4-6-10-19(16)22-23-17(2)24-26(22)15-25(3)14-21-20-11-7-5-9-18(20)12-13-27-21/h4-11,21H,12-15H2,1-3H3/t21-/m0/s1. The van der Waals surface area contributed by atoms with Gasteiger partial charge in [-0.1, -0.05) is 48.5 Å². The summed E-state index contributed by atoms with van der Waals surface area (Å²) in [5, 5.41) is 4.63. The van der Waals surface area contributed by atoms with Gasteiger partial charge in [0.1, 0.15) is 5.82 Å².